The number of β-amino-alcohol motifs (C(OH)–C–C–N with tert-alkyl or cyclic N) is 1. The topological polar surface area (TPSA) is 65.5 Å². The maximum absolute atomic E-state index is 11.3. The average molecular weight is 277 g/mol. The second-order valence-electron chi connectivity index (χ2n) is 5.57. The smallest absolute Gasteiger partial charge is 0.219 e. The highest BCUT2D eigenvalue weighted by Gasteiger charge is 2.33. The number of hydrogen-bond acceptors (Lipinski definition) is 4. The molecule has 0 radical (unpaired) electrons. The van der Waals surface area contributed by atoms with Gasteiger partial charge in [-0.05, 0) is 43.5 Å². The van der Waals surface area contributed by atoms with Crippen molar-refractivity contribution in [3.05, 3.63) is 30.1 Å². The average Bonchev–Trinajstić information content (AvgIpc) is 2.46. The van der Waals surface area contributed by atoms with Crippen molar-refractivity contribution in [1.29, 1.82) is 0 Å². The fraction of sp³-hybridized carbons (Fsp3) is 0.600. The molecule has 110 valence electrons. The van der Waals surface area contributed by atoms with E-state index < -0.39 is 5.60 Å². The molecule has 1 saturated heterocycles. The summed E-state index contributed by atoms with van der Waals surface area (Å²) in [6.07, 6.45) is 6.23. The van der Waals surface area contributed by atoms with Gasteiger partial charge in [0.15, 0.2) is 0 Å². The minimum absolute atomic E-state index is 0.00955. The molecular weight excluding hydrogens is 254 g/mol. The van der Waals surface area contributed by atoms with Gasteiger partial charge >= 0.3 is 0 Å². The van der Waals surface area contributed by atoms with Crippen LogP contribution < -0.4 is 5.32 Å². The van der Waals surface area contributed by atoms with E-state index in [9.17, 15) is 9.90 Å². The number of likely N-dealkylation sites (tertiary alicyclic amines) is 1. The first kappa shape index (κ1) is 14.9. The van der Waals surface area contributed by atoms with Crippen LogP contribution in [0.3, 0.4) is 0 Å². The molecule has 5 heteroatoms. The van der Waals surface area contributed by atoms with Gasteiger partial charge in [0.1, 0.15) is 0 Å². The van der Waals surface area contributed by atoms with Gasteiger partial charge in [-0.3, -0.25) is 14.7 Å². The van der Waals surface area contributed by atoms with Crippen molar-refractivity contribution in [1.82, 2.24) is 15.2 Å². The first-order valence-electron chi connectivity index (χ1n) is 7.15. The molecule has 5 nitrogen and oxygen atoms in total. The zero-order valence-electron chi connectivity index (χ0n) is 12.0. The van der Waals surface area contributed by atoms with Crippen LogP contribution in [0.5, 0.6) is 0 Å². The van der Waals surface area contributed by atoms with Crippen LogP contribution in [-0.2, 0) is 11.3 Å². The second kappa shape index (κ2) is 6.81. The molecule has 1 fully saturated rings. The number of piperidine rings is 1. The Hall–Kier alpha value is -1.46. The lowest BCUT2D eigenvalue weighted by Gasteiger charge is -2.39. The summed E-state index contributed by atoms with van der Waals surface area (Å²) in [5, 5.41) is 13.2. The number of rotatable bonds is 5. The van der Waals surface area contributed by atoms with E-state index in [0.29, 0.717) is 19.4 Å². The van der Waals surface area contributed by atoms with E-state index >= 15 is 0 Å². The lowest BCUT2D eigenvalue weighted by Crippen LogP contribution is -2.48. The molecule has 20 heavy (non-hydrogen) atoms. The summed E-state index contributed by atoms with van der Waals surface area (Å²) in [5.74, 6) is -0.00955. The number of carbonyl (C=O) groups excluding carboxylic acids is 1. The normalized spacial score (nSPS) is 23.5. The van der Waals surface area contributed by atoms with Gasteiger partial charge in [-0.1, -0.05) is 0 Å². The Morgan fingerprint density at radius 3 is 2.95 bits per heavy atom. The molecule has 1 aromatic rings. The van der Waals surface area contributed by atoms with E-state index in [1.54, 1.807) is 19.4 Å². The van der Waals surface area contributed by atoms with E-state index in [1.807, 2.05) is 12.1 Å². The van der Waals surface area contributed by atoms with Crippen molar-refractivity contribution in [3.8, 4) is 0 Å². The highest BCUT2D eigenvalue weighted by molar-refractivity contribution is 5.75. The lowest BCUT2D eigenvalue weighted by atomic mass is 9.88. The largest absolute Gasteiger partial charge is 0.389 e. The van der Waals surface area contributed by atoms with Crippen LogP contribution in [0.4, 0.5) is 0 Å². The van der Waals surface area contributed by atoms with Crippen LogP contribution in [-0.4, -0.2) is 46.6 Å². The van der Waals surface area contributed by atoms with Crippen LogP contribution in [0.25, 0.3) is 0 Å². The molecule has 1 aliphatic heterocycles. The van der Waals surface area contributed by atoms with Crippen LogP contribution >= 0.6 is 0 Å². The molecule has 0 saturated carbocycles. The maximum atomic E-state index is 11.3. The van der Waals surface area contributed by atoms with E-state index in [2.05, 4.69) is 15.2 Å². The molecule has 1 aliphatic rings. The highest BCUT2D eigenvalue weighted by Crippen LogP contribution is 2.26. The van der Waals surface area contributed by atoms with Crippen molar-refractivity contribution < 1.29 is 9.90 Å². The zero-order valence-corrected chi connectivity index (χ0v) is 12.0. The monoisotopic (exact) mass is 277 g/mol. The van der Waals surface area contributed by atoms with Gasteiger partial charge in [-0.25, -0.2) is 0 Å². The summed E-state index contributed by atoms with van der Waals surface area (Å²) in [4.78, 5) is 17.6. The fourth-order valence-electron chi connectivity index (χ4n) is 2.76. The van der Waals surface area contributed by atoms with Crippen molar-refractivity contribution in [2.75, 3.05) is 20.1 Å². The molecule has 0 aromatic carbocycles. The number of aliphatic hydroxyl groups is 1. The minimum atomic E-state index is -0.738. The van der Waals surface area contributed by atoms with Crippen LogP contribution in [0.1, 0.15) is 31.2 Å². The Bertz CT molecular complexity index is 438. The Morgan fingerprint density at radius 2 is 2.25 bits per heavy atom. The van der Waals surface area contributed by atoms with Crippen molar-refractivity contribution >= 4 is 5.91 Å². The van der Waals surface area contributed by atoms with Gasteiger partial charge < -0.3 is 10.4 Å². The summed E-state index contributed by atoms with van der Waals surface area (Å²) >= 11 is 0. The molecule has 0 unspecified atom stereocenters. The number of pyridine rings is 1. The van der Waals surface area contributed by atoms with Gasteiger partial charge in [0.05, 0.1) is 5.60 Å². The summed E-state index contributed by atoms with van der Waals surface area (Å²) in [5.41, 5.74) is 0.466. The highest BCUT2D eigenvalue weighted by atomic mass is 16.3. The molecule has 2 N–H and O–H groups in total. The molecule has 0 bridgehead atoms. The Kier molecular flexibility index (Phi) is 5.09. The second-order valence-corrected chi connectivity index (χ2v) is 5.57. The molecule has 0 spiro atoms. The van der Waals surface area contributed by atoms with Crippen LogP contribution in [0.2, 0.25) is 0 Å². The lowest BCUT2D eigenvalue weighted by molar-refractivity contribution is -0.122. The SMILES string of the molecule is CNC(=O)CC[C@]1(O)CCCN(Cc2ccncc2)C1. The fourth-order valence-corrected chi connectivity index (χ4v) is 2.76. The predicted octanol–water partition coefficient (Wildman–Crippen LogP) is 0.935. The summed E-state index contributed by atoms with van der Waals surface area (Å²) < 4.78 is 0. The van der Waals surface area contributed by atoms with Gasteiger partial charge in [-0.2, -0.15) is 0 Å². The van der Waals surface area contributed by atoms with Gasteiger partial charge in [0.2, 0.25) is 5.91 Å². The number of hydrogen-bond donors (Lipinski definition) is 2. The van der Waals surface area contributed by atoms with E-state index in [-0.39, 0.29) is 5.91 Å². The number of nitrogens with one attached hydrogen (secondary N) is 1. The molecule has 1 aromatic heterocycles. The van der Waals surface area contributed by atoms with Crippen molar-refractivity contribution in [2.24, 2.45) is 0 Å². The third-order valence-electron chi connectivity index (χ3n) is 3.89. The third-order valence-corrected chi connectivity index (χ3v) is 3.89. The summed E-state index contributed by atoms with van der Waals surface area (Å²) in [7, 11) is 1.63. The molecule has 0 aliphatic carbocycles. The van der Waals surface area contributed by atoms with E-state index in [0.717, 1.165) is 25.9 Å². The quantitative estimate of drug-likeness (QED) is 0.840. The van der Waals surface area contributed by atoms with Crippen molar-refractivity contribution in [3.63, 3.8) is 0 Å². The Morgan fingerprint density at radius 1 is 1.50 bits per heavy atom. The maximum Gasteiger partial charge on any atom is 0.219 e. The molecular formula is C15H23N3O2. The van der Waals surface area contributed by atoms with Gasteiger partial charge in [0, 0.05) is 39.0 Å². The summed E-state index contributed by atoms with van der Waals surface area (Å²) in [6, 6.07) is 4.00. The predicted molar refractivity (Wildman–Crippen MR) is 77.0 cm³/mol. The van der Waals surface area contributed by atoms with E-state index in [4.69, 9.17) is 0 Å². The Labute approximate surface area is 120 Å². The first-order valence-corrected chi connectivity index (χ1v) is 7.15. The minimum Gasteiger partial charge on any atom is -0.389 e. The summed E-state index contributed by atoms with van der Waals surface area (Å²) in [6.45, 7) is 2.45. The molecule has 2 heterocycles. The van der Waals surface area contributed by atoms with Gasteiger partial charge in [0.25, 0.3) is 0 Å². The standard InChI is InChI=1S/C15H23N3O2/c1-16-14(19)3-7-15(20)6-2-10-18(12-15)11-13-4-8-17-9-5-13/h4-5,8-9,20H,2-3,6-7,10-12H2,1H3,(H,16,19)/t15-/m1/s1. The third kappa shape index (κ3) is 4.28. The molecule has 1 atom stereocenters. The van der Waals surface area contributed by atoms with Gasteiger partial charge in [-0.15, -0.1) is 0 Å². The van der Waals surface area contributed by atoms with Crippen molar-refractivity contribution in [2.45, 2.75) is 37.8 Å². The Balaban J connectivity index is 1.89. The number of nitrogens with zero attached hydrogens (tertiary/aromatic N) is 2. The number of aromatic nitrogens is 1. The van der Waals surface area contributed by atoms with Crippen LogP contribution in [0, 0.1) is 0 Å². The number of carbonyl (C=O) groups is 1. The van der Waals surface area contributed by atoms with Crippen LogP contribution in [0.15, 0.2) is 24.5 Å². The number of amides is 1. The van der Waals surface area contributed by atoms with E-state index in [1.165, 1.54) is 5.56 Å². The first-order chi connectivity index (χ1) is 9.61. The molecule has 1 amide bonds. The molecule has 2 rings (SSSR count). The zero-order chi connectivity index (χ0) is 14.4.